The summed E-state index contributed by atoms with van der Waals surface area (Å²) in [5, 5.41) is 2.89. The van der Waals surface area contributed by atoms with Gasteiger partial charge in [0.05, 0.1) is 12.3 Å². The highest BCUT2D eigenvalue weighted by atomic mass is 16.5. The lowest BCUT2D eigenvalue weighted by molar-refractivity contribution is 0.102. The maximum Gasteiger partial charge on any atom is 0.255 e. The van der Waals surface area contributed by atoms with Gasteiger partial charge in [-0.05, 0) is 42.8 Å². The molecule has 0 aromatic heterocycles. The third kappa shape index (κ3) is 7.18. The Hall–Kier alpha value is -2.75. The molecule has 0 saturated heterocycles. The number of amides is 1. The predicted octanol–water partition coefficient (Wildman–Crippen LogP) is 5.85. The fourth-order valence-corrected chi connectivity index (χ4v) is 2.64. The van der Waals surface area contributed by atoms with Crippen LogP contribution in [0, 0.1) is 0 Å². The van der Waals surface area contributed by atoms with E-state index in [2.05, 4.69) is 18.8 Å². The normalized spacial score (nSPS) is 10.3. The van der Waals surface area contributed by atoms with Crippen LogP contribution in [0.4, 0.5) is 5.69 Å². The molecule has 4 heteroatoms. The van der Waals surface area contributed by atoms with Crippen LogP contribution >= 0.6 is 0 Å². The molecule has 0 aliphatic heterocycles. The number of hydrogen-bond donors (Lipinski definition) is 1. The maximum absolute atomic E-state index is 12.5. The molecule has 2 aromatic rings. The molecule has 0 aliphatic carbocycles. The van der Waals surface area contributed by atoms with Crippen molar-refractivity contribution in [3.05, 3.63) is 66.7 Å². The smallest absolute Gasteiger partial charge is 0.255 e. The minimum Gasteiger partial charge on any atom is -0.494 e. The number of benzene rings is 2. The van der Waals surface area contributed by atoms with Gasteiger partial charge in [0.15, 0.2) is 0 Å². The van der Waals surface area contributed by atoms with Gasteiger partial charge in [-0.3, -0.25) is 4.79 Å². The van der Waals surface area contributed by atoms with E-state index in [9.17, 15) is 4.79 Å². The molecule has 1 amide bonds. The van der Waals surface area contributed by atoms with Gasteiger partial charge in [-0.1, -0.05) is 57.4 Å². The molecule has 0 atom stereocenters. The fourth-order valence-electron chi connectivity index (χ4n) is 2.64. The van der Waals surface area contributed by atoms with Crippen LogP contribution in [0.3, 0.4) is 0 Å². The van der Waals surface area contributed by atoms with Crippen LogP contribution in [-0.2, 0) is 0 Å². The van der Waals surface area contributed by atoms with Gasteiger partial charge < -0.3 is 14.8 Å². The van der Waals surface area contributed by atoms with Crippen LogP contribution in [0.5, 0.6) is 11.5 Å². The van der Waals surface area contributed by atoms with Gasteiger partial charge in [-0.2, -0.15) is 0 Å². The highest BCUT2D eigenvalue weighted by molar-refractivity contribution is 6.05. The molecular formula is C23H29NO3. The molecule has 144 valence electrons. The summed E-state index contributed by atoms with van der Waals surface area (Å²) in [6.45, 7) is 6.94. The van der Waals surface area contributed by atoms with Crippen LogP contribution in [0.1, 0.15) is 49.4 Å². The molecule has 0 radical (unpaired) electrons. The lowest BCUT2D eigenvalue weighted by Crippen LogP contribution is -2.13. The quantitative estimate of drug-likeness (QED) is 0.378. The first-order chi connectivity index (χ1) is 13.2. The van der Waals surface area contributed by atoms with Gasteiger partial charge >= 0.3 is 0 Å². The third-order valence-corrected chi connectivity index (χ3v) is 4.13. The molecule has 2 aromatic carbocycles. The Morgan fingerprint density at radius 1 is 1.00 bits per heavy atom. The van der Waals surface area contributed by atoms with Gasteiger partial charge in [-0.25, -0.2) is 0 Å². The topological polar surface area (TPSA) is 47.6 Å². The highest BCUT2D eigenvalue weighted by Crippen LogP contribution is 2.24. The van der Waals surface area contributed by atoms with Crippen molar-refractivity contribution in [3.63, 3.8) is 0 Å². The first kappa shape index (κ1) is 20.6. The highest BCUT2D eigenvalue weighted by Gasteiger charge is 2.10. The molecule has 0 spiro atoms. The van der Waals surface area contributed by atoms with Crippen molar-refractivity contribution in [1.82, 2.24) is 0 Å². The van der Waals surface area contributed by atoms with Crippen LogP contribution in [0.2, 0.25) is 0 Å². The second-order valence-corrected chi connectivity index (χ2v) is 6.34. The Labute approximate surface area is 162 Å². The summed E-state index contributed by atoms with van der Waals surface area (Å²) in [6.07, 6.45) is 7.71. The van der Waals surface area contributed by atoms with Crippen molar-refractivity contribution in [2.45, 2.75) is 39.0 Å². The molecule has 0 heterocycles. The average Bonchev–Trinajstić information content (AvgIpc) is 2.70. The standard InChI is InChI=1S/C23H29NO3/c1-3-5-6-7-10-18-26-20-15-13-19(14-16-20)23(25)24-21-11-8-9-12-22(21)27-17-4-2/h4,8-9,11-16H,2-3,5-7,10,17-18H2,1H3,(H,24,25). The number of carbonyl (C=O) groups excluding carboxylic acids is 1. The first-order valence-corrected chi connectivity index (χ1v) is 9.61. The Balaban J connectivity index is 1.86. The van der Waals surface area contributed by atoms with E-state index in [-0.39, 0.29) is 5.91 Å². The lowest BCUT2D eigenvalue weighted by Gasteiger charge is -2.12. The summed E-state index contributed by atoms with van der Waals surface area (Å²) in [7, 11) is 0. The van der Waals surface area contributed by atoms with Crippen molar-refractivity contribution in [1.29, 1.82) is 0 Å². The first-order valence-electron chi connectivity index (χ1n) is 9.61. The van der Waals surface area contributed by atoms with Crippen LogP contribution in [0.15, 0.2) is 61.2 Å². The number of anilines is 1. The Kier molecular flexibility index (Phi) is 8.98. The average molecular weight is 367 g/mol. The lowest BCUT2D eigenvalue weighted by atomic mass is 10.1. The Bertz CT molecular complexity index is 710. The van der Waals surface area contributed by atoms with E-state index < -0.39 is 0 Å². The van der Waals surface area contributed by atoms with E-state index in [1.807, 2.05) is 36.4 Å². The molecule has 2 rings (SSSR count). The van der Waals surface area contributed by atoms with Crippen LogP contribution < -0.4 is 14.8 Å². The third-order valence-electron chi connectivity index (χ3n) is 4.13. The monoisotopic (exact) mass is 367 g/mol. The van der Waals surface area contributed by atoms with E-state index in [1.54, 1.807) is 18.2 Å². The minimum atomic E-state index is -0.184. The van der Waals surface area contributed by atoms with Crippen LogP contribution in [-0.4, -0.2) is 19.1 Å². The van der Waals surface area contributed by atoms with Gasteiger partial charge in [-0.15, -0.1) is 0 Å². The van der Waals surface area contributed by atoms with Crippen molar-refractivity contribution >= 4 is 11.6 Å². The number of unbranched alkanes of at least 4 members (excludes halogenated alkanes) is 4. The summed E-state index contributed by atoms with van der Waals surface area (Å²) >= 11 is 0. The van der Waals surface area contributed by atoms with Gasteiger partial charge in [0.2, 0.25) is 0 Å². The SMILES string of the molecule is C=CCOc1ccccc1NC(=O)c1ccc(OCCCCCCC)cc1. The summed E-state index contributed by atoms with van der Waals surface area (Å²) < 4.78 is 11.3. The number of hydrogen-bond acceptors (Lipinski definition) is 3. The minimum absolute atomic E-state index is 0.184. The van der Waals surface area contributed by atoms with Gasteiger partial charge in [0.25, 0.3) is 5.91 Å². The predicted molar refractivity (Wildman–Crippen MR) is 111 cm³/mol. The molecule has 1 N–H and O–H groups in total. The molecule has 0 fully saturated rings. The number of carbonyl (C=O) groups is 1. The van der Waals surface area contributed by atoms with Gasteiger partial charge in [0, 0.05) is 5.56 Å². The van der Waals surface area contributed by atoms with Crippen molar-refractivity contribution in [2.24, 2.45) is 0 Å². The van der Waals surface area contributed by atoms with E-state index in [4.69, 9.17) is 9.47 Å². The van der Waals surface area contributed by atoms with E-state index in [0.717, 1.165) is 12.2 Å². The summed E-state index contributed by atoms with van der Waals surface area (Å²) in [4.78, 5) is 12.5. The Morgan fingerprint density at radius 2 is 1.74 bits per heavy atom. The molecule has 4 nitrogen and oxygen atoms in total. The number of nitrogens with one attached hydrogen (secondary N) is 1. The number of ether oxygens (including phenoxy) is 2. The summed E-state index contributed by atoms with van der Waals surface area (Å²) in [6, 6.07) is 14.6. The van der Waals surface area contributed by atoms with Crippen molar-refractivity contribution in [2.75, 3.05) is 18.5 Å². The zero-order valence-corrected chi connectivity index (χ0v) is 16.1. The molecule has 0 bridgehead atoms. The second-order valence-electron chi connectivity index (χ2n) is 6.34. The van der Waals surface area contributed by atoms with Crippen LogP contribution in [0.25, 0.3) is 0 Å². The molecule has 0 unspecified atom stereocenters. The molecule has 0 saturated carbocycles. The molecule has 27 heavy (non-hydrogen) atoms. The fraction of sp³-hybridized carbons (Fsp3) is 0.348. The summed E-state index contributed by atoms with van der Waals surface area (Å²) in [5.41, 5.74) is 1.21. The van der Waals surface area contributed by atoms with E-state index in [1.165, 1.54) is 25.7 Å². The van der Waals surface area contributed by atoms with Crippen molar-refractivity contribution < 1.29 is 14.3 Å². The largest absolute Gasteiger partial charge is 0.494 e. The van der Waals surface area contributed by atoms with Crippen molar-refractivity contribution in [3.8, 4) is 11.5 Å². The maximum atomic E-state index is 12.5. The summed E-state index contributed by atoms with van der Waals surface area (Å²) in [5.74, 6) is 1.22. The number of rotatable bonds is 12. The Morgan fingerprint density at radius 3 is 2.48 bits per heavy atom. The number of para-hydroxylation sites is 2. The second kappa shape index (κ2) is 11.8. The molecule has 0 aliphatic rings. The molecular weight excluding hydrogens is 338 g/mol. The zero-order chi connectivity index (χ0) is 19.3. The van der Waals surface area contributed by atoms with Gasteiger partial charge in [0.1, 0.15) is 18.1 Å². The zero-order valence-electron chi connectivity index (χ0n) is 16.1. The van der Waals surface area contributed by atoms with E-state index >= 15 is 0 Å². The van der Waals surface area contributed by atoms with E-state index in [0.29, 0.717) is 30.2 Å².